The van der Waals surface area contributed by atoms with Crippen molar-refractivity contribution in [2.75, 3.05) is 13.7 Å². The van der Waals surface area contributed by atoms with Crippen LogP contribution in [0.25, 0.3) is 0 Å². The lowest BCUT2D eigenvalue weighted by Gasteiger charge is -2.16. The number of phenolic OH excluding ortho intramolecular Hbond substituents is 1. The zero-order valence-electron chi connectivity index (χ0n) is 9.63. The summed E-state index contributed by atoms with van der Waals surface area (Å²) in [5, 5.41) is 10.6. The number of hydrogen-bond acceptors (Lipinski definition) is 4. The summed E-state index contributed by atoms with van der Waals surface area (Å²) in [6.07, 6.45) is 0.491. The van der Waals surface area contributed by atoms with Crippen molar-refractivity contribution in [2.45, 2.75) is 20.3 Å². The molecule has 3 N–H and O–H groups in total. The van der Waals surface area contributed by atoms with Gasteiger partial charge in [0.15, 0.2) is 11.5 Å². The Morgan fingerprint density at radius 1 is 1.31 bits per heavy atom. The van der Waals surface area contributed by atoms with Crippen molar-refractivity contribution in [3.63, 3.8) is 0 Å². The lowest BCUT2D eigenvalue weighted by molar-refractivity contribution is 0.140. The van der Waals surface area contributed by atoms with E-state index in [-0.39, 0.29) is 5.75 Å². The van der Waals surface area contributed by atoms with Crippen molar-refractivity contribution in [1.82, 2.24) is 0 Å². The van der Waals surface area contributed by atoms with E-state index < -0.39 is 0 Å². The van der Waals surface area contributed by atoms with E-state index in [0.717, 1.165) is 11.1 Å². The molecule has 1 aromatic carbocycles. The van der Waals surface area contributed by atoms with Crippen LogP contribution in [0, 0.1) is 13.8 Å². The van der Waals surface area contributed by atoms with Crippen LogP contribution >= 0.6 is 11.6 Å². The van der Waals surface area contributed by atoms with Crippen LogP contribution in [0.5, 0.6) is 11.5 Å². The quantitative estimate of drug-likeness (QED) is 0.798. The average Bonchev–Trinajstić information content (AvgIpc) is 2.27. The van der Waals surface area contributed by atoms with Crippen LogP contribution in [0.1, 0.15) is 16.7 Å². The summed E-state index contributed by atoms with van der Waals surface area (Å²) >= 11 is 6.15. The van der Waals surface area contributed by atoms with Gasteiger partial charge in [-0.05, 0) is 19.4 Å². The molecular weight excluding hydrogens is 230 g/mol. The van der Waals surface area contributed by atoms with Crippen molar-refractivity contribution in [3.8, 4) is 11.5 Å². The van der Waals surface area contributed by atoms with Gasteiger partial charge in [-0.15, -0.1) is 0 Å². The molecule has 0 saturated carbocycles. The van der Waals surface area contributed by atoms with Crippen molar-refractivity contribution in [2.24, 2.45) is 5.90 Å². The molecule has 0 aliphatic heterocycles. The first-order chi connectivity index (χ1) is 7.54. The van der Waals surface area contributed by atoms with E-state index in [1.165, 1.54) is 7.11 Å². The zero-order chi connectivity index (χ0) is 12.3. The van der Waals surface area contributed by atoms with Gasteiger partial charge >= 0.3 is 0 Å². The molecular formula is C11H16ClNO3. The molecule has 0 heterocycles. The van der Waals surface area contributed by atoms with Gasteiger partial charge in [-0.2, -0.15) is 0 Å². The number of aromatic hydroxyl groups is 1. The molecule has 0 atom stereocenters. The predicted octanol–water partition coefficient (Wildman–Crippen LogP) is 2.10. The number of methoxy groups -OCH3 is 1. The highest BCUT2D eigenvalue weighted by molar-refractivity contribution is 6.32. The standard InChI is InChI=1S/C11H16ClNO3/c1-6-8(4-5-16-13)10(14)11(15-3)7(2)9(6)12/h14H,4-5,13H2,1-3H3. The Kier molecular flexibility index (Phi) is 4.41. The van der Waals surface area contributed by atoms with Gasteiger partial charge in [0.2, 0.25) is 0 Å². The van der Waals surface area contributed by atoms with E-state index in [9.17, 15) is 5.11 Å². The van der Waals surface area contributed by atoms with Crippen molar-refractivity contribution in [3.05, 3.63) is 21.7 Å². The highest BCUT2D eigenvalue weighted by atomic mass is 35.5. The molecule has 5 heteroatoms. The molecule has 16 heavy (non-hydrogen) atoms. The van der Waals surface area contributed by atoms with Gasteiger partial charge in [0, 0.05) is 17.5 Å². The summed E-state index contributed by atoms with van der Waals surface area (Å²) in [7, 11) is 1.50. The molecule has 0 unspecified atom stereocenters. The van der Waals surface area contributed by atoms with Gasteiger partial charge in [-0.3, -0.25) is 0 Å². The van der Waals surface area contributed by atoms with Crippen molar-refractivity contribution >= 4 is 11.6 Å². The molecule has 0 aliphatic carbocycles. The summed E-state index contributed by atoms with van der Waals surface area (Å²) in [5.74, 6) is 5.48. The van der Waals surface area contributed by atoms with E-state index >= 15 is 0 Å². The fraction of sp³-hybridized carbons (Fsp3) is 0.455. The smallest absolute Gasteiger partial charge is 0.165 e. The van der Waals surface area contributed by atoms with Crippen LogP contribution in [0.3, 0.4) is 0 Å². The SMILES string of the molecule is COc1c(C)c(Cl)c(C)c(CCON)c1O. The monoisotopic (exact) mass is 245 g/mol. The molecule has 0 radical (unpaired) electrons. The number of ether oxygens (including phenoxy) is 1. The van der Waals surface area contributed by atoms with Gasteiger partial charge in [0.25, 0.3) is 0 Å². The second-order valence-corrected chi connectivity index (χ2v) is 3.92. The second-order valence-electron chi connectivity index (χ2n) is 3.55. The van der Waals surface area contributed by atoms with Crippen LogP contribution in [0.2, 0.25) is 5.02 Å². The number of benzene rings is 1. The maximum absolute atomic E-state index is 10.0. The Morgan fingerprint density at radius 3 is 2.44 bits per heavy atom. The molecule has 0 amide bonds. The lowest BCUT2D eigenvalue weighted by atomic mass is 10.0. The molecule has 0 spiro atoms. The Labute approximate surface area is 99.9 Å². The maximum atomic E-state index is 10.0. The summed E-state index contributed by atoms with van der Waals surface area (Å²) in [4.78, 5) is 4.50. The molecule has 0 aromatic heterocycles. The summed E-state index contributed by atoms with van der Waals surface area (Å²) < 4.78 is 5.13. The first-order valence-corrected chi connectivity index (χ1v) is 5.28. The Hall–Kier alpha value is -0.970. The summed E-state index contributed by atoms with van der Waals surface area (Å²) in [5.41, 5.74) is 2.27. The number of halogens is 1. The molecule has 0 saturated heterocycles. The van der Waals surface area contributed by atoms with Gasteiger partial charge in [-0.1, -0.05) is 11.6 Å². The molecule has 0 aliphatic rings. The number of hydrogen-bond donors (Lipinski definition) is 2. The van der Waals surface area contributed by atoms with Crippen LogP contribution in [-0.4, -0.2) is 18.8 Å². The Morgan fingerprint density at radius 2 is 1.94 bits per heavy atom. The fourth-order valence-corrected chi connectivity index (χ4v) is 1.92. The highest BCUT2D eigenvalue weighted by Gasteiger charge is 2.18. The minimum absolute atomic E-state index is 0.110. The van der Waals surface area contributed by atoms with Crippen LogP contribution < -0.4 is 10.6 Å². The van der Waals surface area contributed by atoms with E-state index in [1.54, 1.807) is 6.92 Å². The number of nitrogens with two attached hydrogens (primary N) is 1. The fourth-order valence-electron chi connectivity index (χ4n) is 1.72. The van der Waals surface area contributed by atoms with E-state index in [4.69, 9.17) is 22.2 Å². The molecule has 1 aromatic rings. The number of rotatable bonds is 4. The third-order valence-corrected chi connectivity index (χ3v) is 3.19. The maximum Gasteiger partial charge on any atom is 0.165 e. The van der Waals surface area contributed by atoms with Gasteiger partial charge in [0.1, 0.15) is 0 Å². The first kappa shape index (κ1) is 13.1. The third kappa shape index (κ3) is 2.24. The van der Waals surface area contributed by atoms with Crippen molar-refractivity contribution in [1.29, 1.82) is 0 Å². The van der Waals surface area contributed by atoms with Gasteiger partial charge in [0.05, 0.1) is 18.7 Å². The first-order valence-electron chi connectivity index (χ1n) is 4.90. The minimum Gasteiger partial charge on any atom is -0.504 e. The van der Waals surface area contributed by atoms with Crippen molar-refractivity contribution < 1.29 is 14.7 Å². The zero-order valence-corrected chi connectivity index (χ0v) is 10.4. The average molecular weight is 246 g/mol. The van der Waals surface area contributed by atoms with E-state index in [1.807, 2.05) is 6.92 Å². The molecule has 90 valence electrons. The Balaban J connectivity index is 3.31. The van der Waals surface area contributed by atoms with Gasteiger partial charge < -0.3 is 14.7 Å². The topological polar surface area (TPSA) is 64.7 Å². The van der Waals surface area contributed by atoms with E-state index in [2.05, 4.69) is 4.84 Å². The largest absolute Gasteiger partial charge is 0.504 e. The summed E-state index contributed by atoms with van der Waals surface area (Å²) in [6.45, 7) is 3.97. The van der Waals surface area contributed by atoms with Crippen LogP contribution in [0.4, 0.5) is 0 Å². The van der Waals surface area contributed by atoms with Gasteiger partial charge in [-0.25, -0.2) is 5.90 Å². The summed E-state index contributed by atoms with van der Waals surface area (Å²) in [6, 6.07) is 0. The highest BCUT2D eigenvalue weighted by Crippen LogP contribution is 2.41. The van der Waals surface area contributed by atoms with E-state index in [0.29, 0.717) is 29.4 Å². The number of phenols is 1. The third-order valence-electron chi connectivity index (χ3n) is 2.63. The lowest BCUT2D eigenvalue weighted by Crippen LogP contribution is -2.06. The predicted molar refractivity (Wildman–Crippen MR) is 63.0 cm³/mol. The molecule has 1 rings (SSSR count). The second kappa shape index (κ2) is 5.39. The van der Waals surface area contributed by atoms with Crippen LogP contribution in [0.15, 0.2) is 0 Å². The Bertz CT molecular complexity index is 394. The molecule has 0 fully saturated rings. The van der Waals surface area contributed by atoms with Crippen LogP contribution in [-0.2, 0) is 11.3 Å². The molecule has 0 bridgehead atoms. The minimum atomic E-state index is 0.110. The normalized spacial score (nSPS) is 10.6. The molecule has 4 nitrogen and oxygen atoms in total.